The fourth-order valence-corrected chi connectivity index (χ4v) is 2.27. The Balaban J connectivity index is 3.01. The summed E-state index contributed by atoms with van der Waals surface area (Å²) in [5, 5.41) is 0. The molecule has 0 saturated carbocycles. The van der Waals surface area contributed by atoms with Crippen LogP contribution in [0.15, 0.2) is 24.3 Å². The highest BCUT2D eigenvalue weighted by Crippen LogP contribution is 2.23. The summed E-state index contributed by atoms with van der Waals surface area (Å²) < 4.78 is 1.10. The molecule has 0 fully saturated rings. The molecule has 0 atom stereocenters. The third-order valence-electron chi connectivity index (χ3n) is 3.71. The maximum absolute atomic E-state index is 2.30. The van der Waals surface area contributed by atoms with Gasteiger partial charge in [0.05, 0.1) is 19.6 Å². The Bertz CT molecular complexity index is 274. The van der Waals surface area contributed by atoms with Gasteiger partial charge in [-0.05, 0) is 44.9 Å². The molecule has 1 rings (SSSR count). The van der Waals surface area contributed by atoms with Gasteiger partial charge in [-0.2, -0.15) is 0 Å². The van der Waals surface area contributed by atoms with Gasteiger partial charge in [-0.3, -0.25) is 4.48 Å². The Morgan fingerprint density at radius 3 is 1.60 bits per heavy atom. The molecule has 1 aromatic carbocycles. The number of quaternary nitrogens is 1. The minimum atomic E-state index is 1.10. The summed E-state index contributed by atoms with van der Waals surface area (Å²) in [4.78, 5) is 0. The molecule has 0 N–H and O–H groups in total. The van der Waals surface area contributed by atoms with Gasteiger partial charge in [-0.15, -0.1) is 0 Å². The van der Waals surface area contributed by atoms with E-state index in [9.17, 15) is 0 Å². The van der Waals surface area contributed by atoms with Crippen LogP contribution in [0.25, 0.3) is 0 Å². The van der Waals surface area contributed by atoms with Gasteiger partial charge in [0.1, 0.15) is 5.69 Å². The number of nitrogens with zero attached hydrogens (tertiary/aromatic N) is 1. The molecule has 84 valence electrons. The molecular formula is C14H24N+. The van der Waals surface area contributed by atoms with E-state index in [2.05, 4.69) is 52.0 Å². The van der Waals surface area contributed by atoms with E-state index in [4.69, 9.17) is 0 Å². The second-order valence-electron chi connectivity index (χ2n) is 4.11. The summed E-state index contributed by atoms with van der Waals surface area (Å²) in [5.74, 6) is 0. The molecule has 0 bridgehead atoms. The molecule has 0 aliphatic heterocycles. The first-order valence-electron chi connectivity index (χ1n) is 6.18. The average molecular weight is 206 g/mol. The second kappa shape index (κ2) is 5.32. The highest BCUT2D eigenvalue weighted by atomic mass is 15.3. The van der Waals surface area contributed by atoms with Gasteiger partial charge in [-0.1, -0.05) is 19.1 Å². The molecule has 0 saturated heterocycles. The molecule has 1 heteroatoms. The Morgan fingerprint density at radius 2 is 1.27 bits per heavy atom. The molecule has 1 aromatic rings. The van der Waals surface area contributed by atoms with Crippen molar-refractivity contribution in [1.29, 1.82) is 0 Å². The molecule has 0 unspecified atom stereocenters. The number of hydrogen-bond acceptors (Lipinski definition) is 0. The summed E-state index contributed by atoms with van der Waals surface area (Å²) >= 11 is 0. The van der Waals surface area contributed by atoms with E-state index >= 15 is 0 Å². The van der Waals surface area contributed by atoms with Gasteiger partial charge in [0, 0.05) is 0 Å². The van der Waals surface area contributed by atoms with Gasteiger partial charge in [-0.25, -0.2) is 0 Å². The van der Waals surface area contributed by atoms with E-state index in [1.807, 2.05) is 0 Å². The van der Waals surface area contributed by atoms with Gasteiger partial charge in [0.2, 0.25) is 0 Å². The Kier molecular flexibility index (Phi) is 4.34. The van der Waals surface area contributed by atoms with Crippen LogP contribution < -0.4 is 4.48 Å². The smallest absolute Gasteiger partial charge is 0.132 e. The van der Waals surface area contributed by atoms with Crippen molar-refractivity contribution in [2.45, 2.75) is 34.1 Å². The molecule has 15 heavy (non-hydrogen) atoms. The highest BCUT2D eigenvalue weighted by Gasteiger charge is 2.23. The summed E-state index contributed by atoms with van der Waals surface area (Å²) in [5.41, 5.74) is 2.89. The number of hydrogen-bond donors (Lipinski definition) is 0. The van der Waals surface area contributed by atoms with Crippen molar-refractivity contribution in [2.75, 3.05) is 19.6 Å². The predicted octanol–water partition coefficient (Wildman–Crippen LogP) is 3.62. The van der Waals surface area contributed by atoms with Crippen LogP contribution in [0.4, 0.5) is 5.69 Å². The summed E-state index contributed by atoms with van der Waals surface area (Å²) in [6.45, 7) is 12.6. The fraction of sp³-hybridized carbons (Fsp3) is 0.571. The largest absolute Gasteiger partial charge is 0.292 e. The van der Waals surface area contributed by atoms with Crippen molar-refractivity contribution < 1.29 is 0 Å². The third-order valence-corrected chi connectivity index (χ3v) is 3.71. The van der Waals surface area contributed by atoms with E-state index in [1.165, 1.54) is 30.9 Å². The van der Waals surface area contributed by atoms with Gasteiger partial charge < -0.3 is 0 Å². The summed E-state index contributed by atoms with van der Waals surface area (Å²) in [6, 6.07) is 9.14. The maximum Gasteiger partial charge on any atom is 0.132 e. The zero-order chi connectivity index (χ0) is 11.3. The Hall–Kier alpha value is -0.820. The van der Waals surface area contributed by atoms with E-state index in [-0.39, 0.29) is 0 Å². The molecule has 0 aromatic heterocycles. The standard InChI is InChI=1S/C14H24N/c1-5-13-9-11-14(12-10-13)15(6-2,7-3)8-4/h9-12H,5-8H2,1-4H3/q+1. The maximum atomic E-state index is 2.30. The van der Waals surface area contributed by atoms with E-state index < -0.39 is 0 Å². The SMILES string of the molecule is CCc1ccc([N+](CC)(CC)CC)cc1. The molecule has 0 spiro atoms. The molecule has 1 nitrogen and oxygen atoms in total. The van der Waals surface area contributed by atoms with Crippen LogP contribution in [0.3, 0.4) is 0 Å². The molecule has 0 heterocycles. The Morgan fingerprint density at radius 1 is 0.800 bits per heavy atom. The summed E-state index contributed by atoms with van der Waals surface area (Å²) in [7, 11) is 0. The van der Waals surface area contributed by atoms with Crippen LogP contribution in [0, 0.1) is 0 Å². The lowest BCUT2D eigenvalue weighted by Gasteiger charge is -2.35. The molecule has 0 aliphatic rings. The average Bonchev–Trinajstić information content (AvgIpc) is 2.33. The third kappa shape index (κ3) is 2.40. The summed E-state index contributed by atoms with van der Waals surface area (Å²) in [6.07, 6.45) is 1.13. The van der Waals surface area contributed by atoms with E-state index in [0.717, 1.165) is 10.9 Å². The first kappa shape index (κ1) is 12.3. The number of rotatable bonds is 5. The van der Waals surface area contributed by atoms with Crippen LogP contribution in [0.2, 0.25) is 0 Å². The molecule has 0 amide bonds. The quantitative estimate of drug-likeness (QED) is 0.646. The zero-order valence-corrected chi connectivity index (χ0v) is 10.6. The topological polar surface area (TPSA) is 0 Å². The first-order chi connectivity index (χ1) is 7.22. The van der Waals surface area contributed by atoms with Gasteiger partial charge in [0.15, 0.2) is 0 Å². The molecule has 0 aliphatic carbocycles. The first-order valence-corrected chi connectivity index (χ1v) is 6.18. The number of benzene rings is 1. The Labute approximate surface area is 94.3 Å². The monoisotopic (exact) mass is 206 g/mol. The minimum Gasteiger partial charge on any atom is -0.292 e. The van der Waals surface area contributed by atoms with Crippen LogP contribution in [0.1, 0.15) is 33.3 Å². The van der Waals surface area contributed by atoms with Crippen molar-refractivity contribution in [1.82, 2.24) is 4.48 Å². The highest BCUT2D eigenvalue weighted by molar-refractivity contribution is 5.44. The van der Waals surface area contributed by atoms with Gasteiger partial charge >= 0.3 is 0 Å². The number of aryl methyl sites for hydroxylation is 1. The minimum absolute atomic E-state index is 1.10. The van der Waals surface area contributed by atoms with Crippen molar-refractivity contribution in [3.05, 3.63) is 29.8 Å². The fourth-order valence-electron chi connectivity index (χ4n) is 2.27. The predicted molar refractivity (Wildman–Crippen MR) is 69.2 cm³/mol. The van der Waals surface area contributed by atoms with Gasteiger partial charge in [0.25, 0.3) is 0 Å². The van der Waals surface area contributed by atoms with E-state index in [0.29, 0.717) is 0 Å². The van der Waals surface area contributed by atoms with Crippen molar-refractivity contribution in [3.8, 4) is 0 Å². The zero-order valence-electron chi connectivity index (χ0n) is 10.6. The molecule has 0 radical (unpaired) electrons. The lowest BCUT2D eigenvalue weighted by molar-refractivity contribution is 0.316. The van der Waals surface area contributed by atoms with Crippen LogP contribution in [-0.4, -0.2) is 19.6 Å². The second-order valence-corrected chi connectivity index (χ2v) is 4.11. The van der Waals surface area contributed by atoms with E-state index in [1.54, 1.807) is 0 Å². The lowest BCUT2D eigenvalue weighted by Crippen LogP contribution is -2.48. The lowest BCUT2D eigenvalue weighted by atomic mass is 10.1. The normalized spacial score (nSPS) is 11.7. The van der Waals surface area contributed by atoms with Crippen LogP contribution in [0.5, 0.6) is 0 Å². The van der Waals surface area contributed by atoms with Crippen molar-refractivity contribution in [2.24, 2.45) is 0 Å². The van der Waals surface area contributed by atoms with Crippen LogP contribution in [-0.2, 0) is 6.42 Å². The molecular weight excluding hydrogens is 182 g/mol. The van der Waals surface area contributed by atoms with Crippen molar-refractivity contribution in [3.63, 3.8) is 0 Å². The van der Waals surface area contributed by atoms with Crippen LogP contribution >= 0.6 is 0 Å². The van der Waals surface area contributed by atoms with Crippen molar-refractivity contribution >= 4 is 5.69 Å².